The average molecular weight is 743 g/mol. The zero-order valence-corrected chi connectivity index (χ0v) is 30.9. The molecular formula is C37H41Cl2N3O7S. The van der Waals surface area contributed by atoms with E-state index in [9.17, 15) is 18.0 Å². The molecule has 2 amide bonds. The normalized spacial score (nSPS) is 11.8. The molecular weight excluding hydrogens is 701 g/mol. The van der Waals surface area contributed by atoms with Crippen LogP contribution in [-0.4, -0.2) is 64.6 Å². The van der Waals surface area contributed by atoms with Crippen molar-refractivity contribution in [2.75, 3.05) is 31.7 Å². The van der Waals surface area contributed by atoms with Gasteiger partial charge >= 0.3 is 0 Å². The Morgan fingerprint density at radius 2 is 1.54 bits per heavy atom. The number of carbonyl (C=O) groups excluding carboxylic acids is 2. The van der Waals surface area contributed by atoms with Crippen molar-refractivity contribution in [2.45, 2.75) is 50.7 Å². The zero-order chi connectivity index (χ0) is 36.4. The highest BCUT2D eigenvalue weighted by atomic mass is 35.5. The lowest BCUT2D eigenvalue weighted by molar-refractivity contribution is -0.140. The number of methoxy groups -OCH3 is 2. The highest BCUT2D eigenvalue weighted by Gasteiger charge is 2.35. The lowest BCUT2D eigenvalue weighted by Gasteiger charge is -2.34. The van der Waals surface area contributed by atoms with Crippen molar-refractivity contribution in [1.82, 2.24) is 10.2 Å². The number of sulfonamides is 1. The second kappa shape index (κ2) is 17.5. The van der Waals surface area contributed by atoms with E-state index in [1.54, 1.807) is 42.5 Å². The predicted molar refractivity (Wildman–Crippen MR) is 196 cm³/mol. The van der Waals surface area contributed by atoms with Gasteiger partial charge in [0, 0.05) is 35.1 Å². The Bertz CT molecular complexity index is 1870. The zero-order valence-electron chi connectivity index (χ0n) is 28.6. The van der Waals surface area contributed by atoms with Crippen LogP contribution in [0.3, 0.4) is 0 Å². The molecule has 266 valence electrons. The monoisotopic (exact) mass is 741 g/mol. The maximum absolute atomic E-state index is 14.7. The topological polar surface area (TPSA) is 114 Å². The minimum Gasteiger partial charge on any atom is -0.494 e. The van der Waals surface area contributed by atoms with Gasteiger partial charge in [0.05, 0.1) is 31.4 Å². The first-order valence-corrected chi connectivity index (χ1v) is 18.1. The molecule has 0 aliphatic heterocycles. The largest absolute Gasteiger partial charge is 0.494 e. The Hall–Kier alpha value is -4.45. The van der Waals surface area contributed by atoms with Crippen LogP contribution in [0.1, 0.15) is 31.9 Å². The molecule has 4 aromatic rings. The molecule has 13 heteroatoms. The van der Waals surface area contributed by atoms with Gasteiger partial charge in [-0.15, -0.1) is 0 Å². The van der Waals surface area contributed by atoms with E-state index < -0.39 is 34.4 Å². The van der Waals surface area contributed by atoms with Crippen molar-refractivity contribution in [2.24, 2.45) is 0 Å². The summed E-state index contributed by atoms with van der Waals surface area (Å²) in [6.45, 7) is 5.13. The van der Waals surface area contributed by atoms with Gasteiger partial charge in [-0.05, 0) is 80.4 Å². The molecule has 1 N–H and O–H groups in total. The summed E-state index contributed by atoms with van der Waals surface area (Å²) in [5.41, 5.74) is 1.53. The van der Waals surface area contributed by atoms with Gasteiger partial charge in [-0.25, -0.2) is 8.42 Å². The number of nitrogens with zero attached hydrogens (tertiary/aromatic N) is 2. The van der Waals surface area contributed by atoms with Crippen LogP contribution >= 0.6 is 23.2 Å². The Labute approximate surface area is 303 Å². The third kappa shape index (κ3) is 9.62. The average Bonchev–Trinajstić information content (AvgIpc) is 3.09. The number of halogens is 2. The van der Waals surface area contributed by atoms with Crippen molar-refractivity contribution in [3.8, 4) is 17.2 Å². The van der Waals surface area contributed by atoms with E-state index in [0.717, 1.165) is 9.87 Å². The smallest absolute Gasteiger partial charge is 0.264 e. The van der Waals surface area contributed by atoms with E-state index in [1.165, 1.54) is 37.3 Å². The second-order valence-electron chi connectivity index (χ2n) is 11.6. The van der Waals surface area contributed by atoms with Crippen LogP contribution < -0.4 is 23.8 Å². The van der Waals surface area contributed by atoms with E-state index >= 15 is 0 Å². The van der Waals surface area contributed by atoms with Gasteiger partial charge in [-0.2, -0.15) is 0 Å². The van der Waals surface area contributed by atoms with Gasteiger partial charge in [0.1, 0.15) is 18.3 Å². The third-order valence-corrected chi connectivity index (χ3v) is 10.1. The first-order chi connectivity index (χ1) is 23.9. The maximum atomic E-state index is 14.7. The summed E-state index contributed by atoms with van der Waals surface area (Å²) < 4.78 is 46.2. The summed E-state index contributed by atoms with van der Waals surface area (Å²) >= 11 is 12.8. The summed E-state index contributed by atoms with van der Waals surface area (Å²) in [5, 5.41) is 3.62. The van der Waals surface area contributed by atoms with E-state index in [4.69, 9.17) is 37.4 Å². The second-order valence-corrected chi connectivity index (χ2v) is 14.3. The van der Waals surface area contributed by atoms with Crippen molar-refractivity contribution in [3.05, 3.63) is 112 Å². The number of rotatable bonds is 16. The van der Waals surface area contributed by atoms with Gasteiger partial charge < -0.3 is 24.4 Å². The Balaban J connectivity index is 1.85. The van der Waals surface area contributed by atoms with E-state index in [0.29, 0.717) is 33.7 Å². The Morgan fingerprint density at radius 3 is 2.14 bits per heavy atom. The standard InChI is InChI=1S/C37H41Cl2N3O7S/c1-6-49-30-16-14-29(15-17-30)42(50(45,46)31-18-19-34(47-4)35(22-31)48-5)24-36(43)41(23-27-12-13-28(38)21-32(27)39)33(37(44)40-25(2)3)20-26-10-8-7-9-11-26/h7-19,21-22,25,33H,6,20,23-24H2,1-5H3,(H,40,44). The number of ether oxygens (including phenoxy) is 3. The number of hydrogen-bond donors (Lipinski definition) is 1. The molecule has 0 saturated heterocycles. The van der Waals surface area contributed by atoms with Crippen LogP contribution in [0, 0.1) is 0 Å². The predicted octanol–water partition coefficient (Wildman–Crippen LogP) is 6.77. The van der Waals surface area contributed by atoms with Gasteiger partial charge in [-0.1, -0.05) is 59.6 Å². The van der Waals surface area contributed by atoms with Gasteiger partial charge in [0.15, 0.2) is 11.5 Å². The van der Waals surface area contributed by atoms with E-state index in [1.807, 2.05) is 51.1 Å². The molecule has 1 atom stereocenters. The first kappa shape index (κ1) is 38.4. The van der Waals surface area contributed by atoms with E-state index in [2.05, 4.69) is 5.32 Å². The molecule has 0 heterocycles. The van der Waals surface area contributed by atoms with Gasteiger partial charge in [0.25, 0.3) is 10.0 Å². The molecule has 0 aliphatic rings. The molecule has 0 fully saturated rings. The maximum Gasteiger partial charge on any atom is 0.264 e. The first-order valence-electron chi connectivity index (χ1n) is 15.9. The van der Waals surface area contributed by atoms with Crippen LogP contribution in [-0.2, 0) is 32.6 Å². The van der Waals surface area contributed by atoms with Crippen LogP contribution in [0.15, 0.2) is 95.9 Å². The molecule has 1 unspecified atom stereocenters. The third-order valence-electron chi connectivity index (χ3n) is 7.72. The van der Waals surface area contributed by atoms with Crippen molar-refractivity contribution < 1.29 is 32.2 Å². The number of benzene rings is 4. The van der Waals surface area contributed by atoms with Crippen molar-refractivity contribution >= 4 is 50.7 Å². The minimum absolute atomic E-state index is 0.106. The SMILES string of the molecule is CCOc1ccc(N(CC(=O)N(Cc2ccc(Cl)cc2Cl)C(Cc2ccccc2)C(=O)NC(C)C)S(=O)(=O)c2ccc(OC)c(OC)c2)cc1. The quantitative estimate of drug-likeness (QED) is 0.135. The Kier molecular flexibility index (Phi) is 13.4. The molecule has 4 aromatic carbocycles. The van der Waals surface area contributed by atoms with Crippen LogP contribution in [0.25, 0.3) is 0 Å². The fourth-order valence-corrected chi connectivity index (χ4v) is 7.17. The fourth-order valence-electron chi connectivity index (χ4n) is 5.28. The minimum atomic E-state index is -4.41. The number of carbonyl (C=O) groups is 2. The molecule has 0 bridgehead atoms. The Morgan fingerprint density at radius 1 is 0.860 bits per heavy atom. The molecule has 4 rings (SSSR count). The number of hydrogen-bond acceptors (Lipinski definition) is 7. The van der Waals surface area contributed by atoms with Crippen LogP contribution in [0.2, 0.25) is 10.0 Å². The molecule has 10 nitrogen and oxygen atoms in total. The molecule has 0 aromatic heterocycles. The molecule has 0 spiro atoms. The summed E-state index contributed by atoms with van der Waals surface area (Å²) in [4.78, 5) is 29.8. The molecule has 50 heavy (non-hydrogen) atoms. The number of anilines is 1. The lowest BCUT2D eigenvalue weighted by atomic mass is 10.0. The van der Waals surface area contributed by atoms with Crippen molar-refractivity contribution in [1.29, 1.82) is 0 Å². The summed E-state index contributed by atoms with van der Waals surface area (Å²) in [6, 6.07) is 23.4. The van der Waals surface area contributed by atoms with Gasteiger partial charge in [-0.3, -0.25) is 13.9 Å². The molecule has 0 aliphatic carbocycles. The summed E-state index contributed by atoms with van der Waals surface area (Å²) in [5.74, 6) is 0.00434. The van der Waals surface area contributed by atoms with Gasteiger partial charge in [0.2, 0.25) is 11.8 Å². The fraction of sp³-hybridized carbons (Fsp3) is 0.297. The van der Waals surface area contributed by atoms with E-state index in [-0.39, 0.29) is 35.3 Å². The summed E-state index contributed by atoms with van der Waals surface area (Å²) in [6.07, 6.45) is 0.155. The van der Waals surface area contributed by atoms with Crippen LogP contribution in [0.5, 0.6) is 17.2 Å². The highest BCUT2D eigenvalue weighted by molar-refractivity contribution is 7.92. The molecule has 0 radical (unpaired) electrons. The number of nitrogens with one attached hydrogen (secondary N) is 1. The summed E-state index contributed by atoms with van der Waals surface area (Å²) in [7, 11) is -1.57. The highest BCUT2D eigenvalue weighted by Crippen LogP contribution is 2.33. The molecule has 0 saturated carbocycles. The van der Waals surface area contributed by atoms with Crippen LogP contribution in [0.4, 0.5) is 5.69 Å². The number of amides is 2. The lowest BCUT2D eigenvalue weighted by Crippen LogP contribution is -2.54. The van der Waals surface area contributed by atoms with Crippen molar-refractivity contribution in [3.63, 3.8) is 0 Å².